The van der Waals surface area contributed by atoms with Gasteiger partial charge in [0.05, 0.1) is 0 Å². The van der Waals surface area contributed by atoms with Crippen molar-refractivity contribution in [2.75, 3.05) is 0 Å². The van der Waals surface area contributed by atoms with Crippen molar-refractivity contribution < 1.29 is 4.79 Å². The van der Waals surface area contributed by atoms with Crippen LogP contribution in [-0.4, -0.2) is 16.0 Å². The summed E-state index contributed by atoms with van der Waals surface area (Å²) in [6.45, 7) is 8.00. The first-order valence-electron chi connectivity index (χ1n) is 7.56. The molecule has 4 nitrogen and oxygen atoms in total. The standard InChI is InChI=1S/C13H9N3OS2.2C2H6/c17-12-10(15-13(18)16-12)7-9-1-2-11(19-9)8-3-5-14-6-4-8;2*1-2/h1-7H,(H2,15,16,17,18);2*1-2H3/b10-7+;;. The van der Waals surface area contributed by atoms with Crippen LogP contribution in [0, 0.1) is 0 Å². The van der Waals surface area contributed by atoms with E-state index in [2.05, 4.69) is 15.6 Å². The third kappa shape index (κ3) is 5.26. The first-order valence-corrected chi connectivity index (χ1v) is 8.79. The van der Waals surface area contributed by atoms with Crippen LogP contribution in [0.25, 0.3) is 16.5 Å². The summed E-state index contributed by atoms with van der Waals surface area (Å²) < 4.78 is 0. The number of hydrogen-bond donors (Lipinski definition) is 2. The maximum atomic E-state index is 11.5. The summed E-state index contributed by atoms with van der Waals surface area (Å²) in [5.74, 6) is -0.191. The van der Waals surface area contributed by atoms with Gasteiger partial charge in [0.25, 0.3) is 5.91 Å². The highest BCUT2D eigenvalue weighted by Gasteiger charge is 2.20. The van der Waals surface area contributed by atoms with Crippen LogP contribution in [0.15, 0.2) is 42.4 Å². The van der Waals surface area contributed by atoms with Crippen LogP contribution in [0.5, 0.6) is 0 Å². The van der Waals surface area contributed by atoms with Gasteiger partial charge >= 0.3 is 0 Å². The fourth-order valence-corrected chi connectivity index (χ4v) is 2.89. The number of nitrogens with one attached hydrogen (secondary N) is 2. The van der Waals surface area contributed by atoms with E-state index in [1.165, 1.54) is 0 Å². The molecule has 3 heterocycles. The largest absolute Gasteiger partial charge is 0.328 e. The zero-order chi connectivity index (χ0) is 17.2. The maximum Gasteiger partial charge on any atom is 0.273 e. The van der Waals surface area contributed by atoms with Crippen LogP contribution in [0.2, 0.25) is 0 Å². The lowest BCUT2D eigenvalue weighted by molar-refractivity contribution is -0.115. The molecule has 2 aromatic heterocycles. The molecule has 2 aromatic rings. The summed E-state index contributed by atoms with van der Waals surface area (Å²) in [4.78, 5) is 17.7. The highest BCUT2D eigenvalue weighted by molar-refractivity contribution is 7.80. The number of rotatable bonds is 2. The van der Waals surface area contributed by atoms with Crippen molar-refractivity contribution >= 4 is 40.7 Å². The molecule has 3 rings (SSSR count). The molecule has 1 aliphatic rings. The van der Waals surface area contributed by atoms with Gasteiger partial charge in [-0.05, 0) is 48.1 Å². The average molecular weight is 348 g/mol. The molecule has 0 radical (unpaired) electrons. The number of hydrogen-bond acceptors (Lipinski definition) is 4. The molecule has 1 aliphatic heterocycles. The molecule has 0 atom stereocenters. The van der Waals surface area contributed by atoms with Crippen molar-refractivity contribution in [3.8, 4) is 10.4 Å². The van der Waals surface area contributed by atoms with Crippen LogP contribution < -0.4 is 10.6 Å². The highest BCUT2D eigenvalue weighted by Crippen LogP contribution is 2.28. The van der Waals surface area contributed by atoms with Crippen LogP contribution in [0.1, 0.15) is 32.6 Å². The summed E-state index contributed by atoms with van der Waals surface area (Å²) >= 11 is 6.49. The van der Waals surface area contributed by atoms with Gasteiger partial charge in [0.2, 0.25) is 0 Å². The quantitative estimate of drug-likeness (QED) is 0.631. The smallest absolute Gasteiger partial charge is 0.273 e. The molecule has 0 bridgehead atoms. The lowest BCUT2D eigenvalue weighted by atomic mass is 10.2. The molecule has 122 valence electrons. The minimum atomic E-state index is -0.191. The highest BCUT2D eigenvalue weighted by atomic mass is 32.1. The third-order valence-corrected chi connectivity index (χ3v) is 3.88. The van der Waals surface area contributed by atoms with Gasteiger partial charge in [0.1, 0.15) is 5.70 Å². The SMILES string of the molecule is CC.CC.O=C1NC(=S)N/C1=C/c1ccc(-c2ccncc2)s1. The number of aromatic nitrogens is 1. The van der Waals surface area contributed by atoms with Gasteiger partial charge in [-0.1, -0.05) is 27.7 Å². The molecule has 1 amide bonds. The monoisotopic (exact) mass is 347 g/mol. The van der Waals surface area contributed by atoms with E-state index in [1.54, 1.807) is 29.8 Å². The second-order valence-electron chi connectivity index (χ2n) is 3.90. The van der Waals surface area contributed by atoms with E-state index < -0.39 is 0 Å². The molecule has 0 aromatic carbocycles. The predicted molar refractivity (Wildman–Crippen MR) is 102 cm³/mol. The van der Waals surface area contributed by atoms with Crippen LogP contribution in [0.3, 0.4) is 0 Å². The van der Waals surface area contributed by atoms with E-state index in [1.807, 2.05) is 52.0 Å². The van der Waals surface area contributed by atoms with Crippen molar-refractivity contribution in [2.24, 2.45) is 0 Å². The second kappa shape index (κ2) is 9.86. The number of thiophene rings is 1. The Bertz CT molecular complexity index is 678. The minimum Gasteiger partial charge on any atom is -0.328 e. The van der Waals surface area contributed by atoms with Crippen LogP contribution in [0.4, 0.5) is 0 Å². The number of thiocarbonyl (C=S) groups is 1. The van der Waals surface area contributed by atoms with Crippen molar-refractivity contribution in [3.63, 3.8) is 0 Å². The molecule has 0 aliphatic carbocycles. The lowest BCUT2D eigenvalue weighted by Gasteiger charge is -1.94. The Morgan fingerprint density at radius 2 is 1.70 bits per heavy atom. The summed E-state index contributed by atoms with van der Waals surface area (Å²) in [6.07, 6.45) is 5.32. The van der Waals surface area contributed by atoms with Gasteiger partial charge in [0.15, 0.2) is 5.11 Å². The number of nitrogens with zero attached hydrogens (tertiary/aromatic N) is 1. The van der Waals surface area contributed by atoms with Crippen molar-refractivity contribution in [3.05, 3.63) is 47.2 Å². The van der Waals surface area contributed by atoms with E-state index in [4.69, 9.17) is 12.2 Å². The third-order valence-electron chi connectivity index (χ3n) is 2.60. The van der Waals surface area contributed by atoms with Gasteiger partial charge in [-0.2, -0.15) is 0 Å². The topological polar surface area (TPSA) is 54.0 Å². The normalized spacial score (nSPS) is 14.2. The number of carbonyl (C=O) groups excluding carboxylic acids is 1. The zero-order valence-electron chi connectivity index (χ0n) is 13.7. The van der Waals surface area contributed by atoms with E-state index in [-0.39, 0.29) is 5.91 Å². The molecular weight excluding hydrogens is 326 g/mol. The Kier molecular flexibility index (Phi) is 8.15. The van der Waals surface area contributed by atoms with Crippen molar-refractivity contribution in [2.45, 2.75) is 27.7 Å². The van der Waals surface area contributed by atoms with E-state index >= 15 is 0 Å². The Morgan fingerprint density at radius 3 is 2.26 bits per heavy atom. The Morgan fingerprint density at radius 1 is 1.04 bits per heavy atom. The second-order valence-corrected chi connectivity index (χ2v) is 5.43. The van der Waals surface area contributed by atoms with Crippen molar-refractivity contribution in [1.82, 2.24) is 15.6 Å². The van der Waals surface area contributed by atoms with Gasteiger partial charge in [-0.3, -0.25) is 15.1 Å². The van der Waals surface area contributed by atoms with E-state index in [9.17, 15) is 4.79 Å². The van der Waals surface area contributed by atoms with Gasteiger partial charge in [-0.15, -0.1) is 11.3 Å². The summed E-state index contributed by atoms with van der Waals surface area (Å²) in [5.41, 5.74) is 1.59. The Labute approximate surface area is 146 Å². The van der Waals surface area contributed by atoms with Crippen molar-refractivity contribution in [1.29, 1.82) is 0 Å². The summed E-state index contributed by atoms with van der Waals surface area (Å²) in [5, 5.41) is 5.71. The maximum absolute atomic E-state index is 11.5. The van der Waals surface area contributed by atoms with Crippen LogP contribution >= 0.6 is 23.6 Å². The molecular formula is C17H21N3OS2. The van der Waals surface area contributed by atoms with Crippen LogP contribution in [-0.2, 0) is 4.79 Å². The summed E-state index contributed by atoms with van der Waals surface area (Å²) in [6, 6.07) is 7.91. The molecule has 2 N–H and O–H groups in total. The molecule has 0 saturated carbocycles. The molecule has 6 heteroatoms. The number of pyridine rings is 1. The van der Waals surface area contributed by atoms with E-state index in [0.717, 1.165) is 15.3 Å². The summed E-state index contributed by atoms with van der Waals surface area (Å²) in [7, 11) is 0. The molecule has 1 saturated heterocycles. The van der Waals surface area contributed by atoms with Gasteiger partial charge < -0.3 is 5.32 Å². The Balaban J connectivity index is 0.000000615. The predicted octanol–water partition coefficient (Wildman–Crippen LogP) is 4.21. The Hall–Kier alpha value is -2.05. The fourth-order valence-electron chi connectivity index (χ4n) is 1.73. The fraction of sp³-hybridized carbons (Fsp3) is 0.235. The molecule has 23 heavy (non-hydrogen) atoms. The molecule has 1 fully saturated rings. The first kappa shape index (κ1) is 19.0. The lowest BCUT2D eigenvalue weighted by Crippen LogP contribution is -2.21. The number of carbonyl (C=O) groups is 1. The van der Waals surface area contributed by atoms with Gasteiger partial charge in [-0.25, -0.2) is 0 Å². The number of amides is 1. The molecule has 0 unspecified atom stereocenters. The average Bonchev–Trinajstić information content (AvgIpc) is 3.19. The van der Waals surface area contributed by atoms with Gasteiger partial charge in [0, 0.05) is 22.1 Å². The zero-order valence-corrected chi connectivity index (χ0v) is 15.3. The van der Waals surface area contributed by atoms with E-state index in [0.29, 0.717) is 10.8 Å². The molecule has 0 spiro atoms. The first-order chi connectivity index (χ1) is 11.2. The minimum absolute atomic E-state index is 0.191.